The average molecular weight is 299 g/mol. The third kappa shape index (κ3) is 4.34. The number of esters is 1. The molecule has 0 saturated heterocycles. The zero-order valence-corrected chi connectivity index (χ0v) is 12.2. The van der Waals surface area contributed by atoms with Crippen molar-refractivity contribution in [2.24, 2.45) is 0 Å². The number of aromatic hydroxyl groups is 1. The quantitative estimate of drug-likeness (QED) is 0.830. The summed E-state index contributed by atoms with van der Waals surface area (Å²) < 4.78 is 5.08. The van der Waals surface area contributed by atoms with E-state index in [1.807, 2.05) is 30.3 Å². The lowest BCUT2D eigenvalue weighted by Crippen LogP contribution is -2.35. The smallest absolute Gasteiger partial charge is 0.339 e. The van der Waals surface area contributed by atoms with E-state index in [0.29, 0.717) is 6.54 Å². The number of ether oxygens (including phenoxy) is 1. The zero-order chi connectivity index (χ0) is 15.9. The highest BCUT2D eigenvalue weighted by atomic mass is 16.5. The molecule has 5 heteroatoms. The summed E-state index contributed by atoms with van der Waals surface area (Å²) in [5, 5.41) is 12.0. The van der Waals surface area contributed by atoms with Crippen LogP contribution < -0.4 is 5.32 Å². The Morgan fingerprint density at radius 3 is 2.55 bits per heavy atom. The van der Waals surface area contributed by atoms with Crippen molar-refractivity contribution in [3.05, 3.63) is 65.7 Å². The number of phenolic OH excluding ortho intramolecular Hbond substituents is 1. The average Bonchev–Trinajstić information content (AvgIpc) is 2.53. The standard InChI is InChI=1S/C17H17NO4/c1-12(16(20)18-11-13-6-3-2-4-7-13)22-17(21)14-8-5-9-15(19)10-14/h2-10,12,19H,11H2,1H3,(H,18,20)/t12-/m1/s1. The second kappa shape index (κ2) is 7.26. The largest absolute Gasteiger partial charge is 0.508 e. The van der Waals surface area contributed by atoms with Crippen LogP contribution in [0.3, 0.4) is 0 Å². The van der Waals surface area contributed by atoms with Gasteiger partial charge < -0.3 is 15.2 Å². The molecule has 0 bridgehead atoms. The van der Waals surface area contributed by atoms with E-state index in [0.717, 1.165) is 5.56 Å². The summed E-state index contributed by atoms with van der Waals surface area (Å²) in [4.78, 5) is 23.8. The molecule has 2 rings (SSSR count). The minimum Gasteiger partial charge on any atom is -0.508 e. The SMILES string of the molecule is C[C@@H](OC(=O)c1cccc(O)c1)C(=O)NCc1ccccc1. The lowest BCUT2D eigenvalue weighted by Gasteiger charge is -2.13. The molecule has 0 aliphatic rings. The van der Waals surface area contributed by atoms with Gasteiger partial charge in [-0.15, -0.1) is 0 Å². The van der Waals surface area contributed by atoms with E-state index in [9.17, 15) is 14.7 Å². The van der Waals surface area contributed by atoms with Gasteiger partial charge in [-0.25, -0.2) is 4.79 Å². The summed E-state index contributed by atoms with van der Waals surface area (Å²) in [5.74, 6) is -1.06. The van der Waals surface area contributed by atoms with Crippen molar-refractivity contribution in [2.45, 2.75) is 19.6 Å². The second-order valence-corrected chi connectivity index (χ2v) is 4.80. The Labute approximate surface area is 128 Å². The number of hydrogen-bond donors (Lipinski definition) is 2. The Balaban J connectivity index is 1.87. The van der Waals surface area contributed by atoms with Gasteiger partial charge >= 0.3 is 5.97 Å². The van der Waals surface area contributed by atoms with Crippen molar-refractivity contribution < 1.29 is 19.4 Å². The molecular formula is C17H17NO4. The van der Waals surface area contributed by atoms with Crippen molar-refractivity contribution in [2.75, 3.05) is 0 Å². The number of rotatable bonds is 5. The van der Waals surface area contributed by atoms with Crippen molar-refractivity contribution in [1.29, 1.82) is 0 Å². The molecule has 0 spiro atoms. The molecule has 0 unspecified atom stereocenters. The fraction of sp³-hybridized carbons (Fsp3) is 0.176. The van der Waals surface area contributed by atoms with Crippen LogP contribution in [-0.2, 0) is 16.1 Å². The maximum atomic E-state index is 11.9. The van der Waals surface area contributed by atoms with Gasteiger partial charge in [0.15, 0.2) is 6.10 Å². The van der Waals surface area contributed by atoms with E-state index in [4.69, 9.17) is 4.74 Å². The fourth-order valence-corrected chi connectivity index (χ4v) is 1.84. The molecule has 5 nitrogen and oxygen atoms in total. The van der Waals surface area contributed by atoms with Crippen LogP contribution in [0.25, 0.3) is 0 Å². The van der Waals surface area contributed by atoms with E-state index in [-0.39, 0.29) is 17.2 Å². The summed E-state index contributed by atoms with van der Waals surface area (Å²) in [6, 6.07) is 15.2. The number of hydrogen-bond acceptors (Lipinski definition) is 4. The molecule has 0 heterocycles. The molecule has 1 amide bonds. The number of carbonyl (C=O) groups is 2. The van der Waals surface area contributed by atoms with Crippen LogP contribution in [0.2, 0.25) is 0 Å². The van der Waals surface area contributed by atoms with Crippen LogP contribution >= 0.6 is 0 Å². The fourth-order valence-electron chi connectivity index (χ4n) is 1.84. The number of amides is 1. The first-order valence-corrected chi connectivity index (χ1v) is 6.88. The lowest BCUT2D eigenvalue weighted by molar-refractivity contribution is -0.129. The molecule has 2 aromatic rings. The lowest BCUT2D eigenvalue weighted by atomic mass is 10.2. The van der Waals surface area contributed by atoms with E-state index in [1.165, 1.54) is 31.2 Å². The van der Waals surface area contributed by atoms with Gasteiger partial charge in [0, 0.05) is 6.54 Å². The molecule has 0 fully saturated rings. The third-order valence-electron chi connectivity index (χ3n) is 3.04. The van der Waals surface area contributed by atoms with Crippen LogP contribution in [0.15, 0.2) is 54.6 Å². The molecule has 0 radical (unpaired) electrons. The van der Waals surface area contributed by atoms with E-state index in [1.54, 1.807) is 0 Å². The third-order valence-corrected chi connectivity index (χ3v) is 3.04. The monoisotopic (exact) mass is 299 g/mol. The molecule has 1 atom stereocenters. The number of benzene rings is 2. The van der Waals surface area contributed by atoms with Crippen LogP contribution in [0.5, 0.6) is 5.75 Å². The molecular weight excluding hydrogens is 282 g/mol. The highest BCUT2D eigenvalue weighted by molar-refractivity contribution is 5.92. The van der Waals surface area contributed by atoms with E-state index < -0.39 is 12.1 Å². The second-order valence-electron chi connectivity index (χ2n) is 4.80. The van der Waals surface area contributed by atoms with Crippen LogP contribution in [0.4, 0.5) is 0 Å². The molecule has 0 aliphatic heterocycles. The van der Waals surface area contributed by atoms with Gasteiger partial charge in [0.2, 0.25) is 0 Å². The first-order valence-electron chi connectivity index (χ1n) is 6.88. The highest BCUT2D eigenvalue weighted by Gasteiger charge is 2.18. The topological polar surface area (TPSA) is 75.6 Å². The van der Waals surface area contributed by atoms with Crippen LogP contribution in [-0.4, -0.2) is 23.1 Å². The summed E-state index contributed by atoms with van der Waals surface area (Å²) >= 11 is 0. The number of carbonyl (C=O) groups excluding carboxylic acids is 2. The van der Waals surface area contributed by atoms with Crippen molar-refractivity contribution in [3.63, 3.8) is 0 Å². The Morgan fingerprint density at radius 1 is 1.14 bits per heavy atom. The van der Waals surface area contributed by atoms with Crippen molar-refractivity contribution >= 4 is 11.9 Å². The van der Waals surface area contributed by atoms with Crippen molar-refractivity contribution in [3.8, 4) is 5.75 Å². The normalized spacial score (nSPS) is 11.5. The Kier molecular flexibility index (Phi) is 5.14. The summed E-state index contributed by atoms with van der Waals surface area (Å²) in [6.07, 6.45) is -0.918. The van der Waals surface area contributed by atoms with Crippen LogP contribution in [0, 0.1) is 0 Å². The molecule has 22 heavy (non-hydrogen) atoms. The van der Waals surface area contributed by atoms with E-state index in [2.05, 4.69) is 5.32 Å². The van der Waals surface area contributed by atoms with Gasteiger partial charge in [-0.3, -0.25) is 4.79 Å². The molecule has 0 saturated carbocycles. The Hall–Kier alpha value is -2.82. The first-order chi connectivity index (χ1) is 10.6. The predicted molar refractivity (Wildman–Crippen MR) is 81.3 cm³/mol. The molecule has 2 N–H and O–H groups in total. The molecule has 114 valence electrons. The van der Waals surface area contributed by atoms with Crippen LogP contribution in [0.1, 0.15) is 22.8 Å². The van der Waals surface area contributed by atoms with Gasteiger partial charge in [0.25, 0.3) is 5.91 Å². The van der Waals surface area contributed by atoms with Gasteiger partial charge in [-0.05, 0) is 30.7 Å². The molecule has 0 aromatic heterocycles. The van der Waals surface area contributed by atoms with Gasteiger partial charge in [0.1, 0.15) is 5.75 Å². The zero-order valence-electron chi connectivity index (χ0n) is 12.2. The first kappa shape index (κ1) is 15.6. The predicted octanol–water partition coefficient (Wildman–Crippen LogP) is 2.25. The minimum absolute atomic E-state index is 0.0318. The maximum absolute atomic E-state index is 11.9. The van der Waals surface area contributed by atoms with Crippen molar-refractivity contribution in [1.82, 2.24) is 5.32 Å². The molecule has 2 aromatic carbocycles. The summed E-state index contributed by atoms with van der Waals surface area (Å²) in [7, 11) is 0. The minimum atomic E-state index is -0.918. The van der Waals surface area contributed by atoms with Gasteiger partial charge in [-0.2, -0.15) is 0 Å². The number of phenols is 1. The summed E-state index contributed by atoms with van der Waals surface area (Å²) in [5.41, 5.74) is 1.16. The summed E-state index contributed by atoms with van der Waals surface area (Å²) in [6.45, 7) is 1.87. The Morgan fingerprint density at radius 2 is 1.86 bits per heavy atom. The van der Waals surface area contributed by atoms with E-state index >= 15 is 0 Å². The maximum Gasteiger partial charge on any atom is 0.339 e. The van der Waals surface area contributed by atoms with Gasteiger partial charge in [-0.1, -0.05) is 36.4 Å². The van der Waals surface area contributed by atoms with Gasteiger partial charge in [0.05, 0.1) is 5.56 Å². The highest BCUT2D eigenvalue weighted by Crippen LogP contribution is 2.12. The number of nitrogens with one attached hydrogen (secondary N) is 1. The Bertz CT molecular complexity index is 655. The molecule has 0 aliphatic carbocycles.